The van der Waals surface area contributed by atoms with Crippen molar-refractivity contribution in [3.05, 3.63) is 28.8 Å². The van der Waals surface area contributed by atoms with E-state index in [1.165, 1.54) is 32.8 Å². The summed E-state index contributed by atoms with van der Waals surface area (Å²) in [5, 5.41) is 3.26. The molecule has 1 aromatic rings. The molecule has 0 aromatic heterocycles. The minimum Gasteiger partial charge on any atom is -0.465 e. The lowest BCUT2D eigenvalue weighted by atomic mass is 9.86. The fraction of sp³-hybridized carbons (Fsp3) is 0.529. The van der Waals surface area contributed by atoms with Crippen molar-refractivity contribution in [3.63, 3.8) is 0 Å². The van der Waals surface area contributed by atoms with Gasteiger partial charge in [0.2, 0.25) is 5.91 Å². The summed E-state index contributed by atoms with van der Waals surface area (Å²) in [6.45, 7) is 0. The first-order valence-electron chi connectivity index (χ1n) is 7.74. The van der Waals surface area contributed by atoms with Crippen LogP contribution in [0.5, 0.6) is 0 Å². The van der Waals surface area contributed by atoms with Crippen molar-refractivity contribution in [1.82, 2.24) is 0 Å². The van der Waals surface area contributed by atoms with Gasteiger partial charge >= 0.3 is 5.97 Å². The molecule has 0 heterocycles. The van der Waals surface area contributed by atoms with Gasteiger partial charge in [0.05, 0.1) is 23.4 Å². The van der Waals surface area contributed by atoms with Crippen molar-refractivity contribution >= 4 is 29.2 Å². The van der Waals surface area contributed by atoms with Crippen LogP contribution in [0.1, 0.15) is 42.5 Å². The van der Waals surface area contributed by atoms with Gasteiger partial charge in [-0.1, -0.05) is 18.0 Å². The molecule has 1 amide bonds. The van der Waals surface area contributed by atoms with Gasteiger partial charge < -0.3 is 10.1 Å². The number of esters is 1. The van der Waals surface area contributed by atoms with Crippen LogP contribution in [0.3, 0.4) is 0 Å². The Morgan fingerprint density at radius 1 is 1.32 bits per heavy atom. The number of amides is 1. The number of ether oxygens (including phenoxy) is 1. The first kappa shape index (κ1) is 15.3. The predicted octanol–water partition coefficient (Wildman–Crippen LogP) is 3.89. The summed E-state index contributed by atoms with van der Waals surface area (Å²) in [7, 11) is 1.32. The maximum Gasteiger partial charge on any atom is 0.337 e. The van der Waals surface area contributed by atoms with Crippen LogP contribution >= 0.6 is 11.6 Å². The molecule has 0 unspecified atom stereocenters. The van der Waals surface area contributed by atoms with Gasteiger partial charge in [-0.2, -0.15) is 0 Å². The molecule has 2 fully saturated rings. The monoisotopic (exact) mass is 321 g/mol. The Morgan fingerprint density at radius 2 is 2.14 bits per heavy atom. The summed E-state index contributed by atoms with van der Waals surface area (Å²) in [5.74, 6) is 1.57. The highest BCUT2D eigenvalue weighted by Crippen LogP contribution is 2.49. The van der Waals surface area contributed by atoms with Crippen LogP contribution in [0, 0.1) is 17.8 Å². The molecule has 1 N–H and O–H groups in total. The number of carbonyl (C=O) groups is 2. The third-order valence-electron chi connectivity index (χ3n) is 4.99. The number of fused-ring (bicyclic) bond motifs is 2. The van der Waals surface area contributed by atoms with E-state index < -0.39 is 5.97 Å². The highest BCUT2D eigenvalue weighted by atomic mass is 35.5. The molecule has 3 rings (SSSR count). The topological polar surface area (TPSA) is 55.4 Å². The summed E-state index contributed by atoms with van der Waals surface area (Å²) in [5.41, 5.74) is 0.847. The number of anilines is 1. The van der Waals surface area contributed by atoms with Crippen molar-refractivity contribution in [2.45, 2.75) is 32.1 Å². The maximum atomic E-state index is 12.3. The lowest BCUT2D eigenvalue weighted by Crippen LogP contribution is -2.20. The highest BCUT2D eigenvalue weighted by Gasteiger charge is 2.40. The molecule has 0 aliphatic heterocycles. The molecule has 0 spiro atoms. The highest BCUT2D eigenvalue weighted by molar-refractivity contribution is 6.33. The molecular formula is C17H20ClNO3. The van der Waals surface area contributed by atoms with Gasteiger partial charge in [-0.3, -0.25) is 4.79 Å². The molecule has 22 heavy (non-hydrogen) atoms. The summed E-state index contributed by atoms with van der Waals surface area (Å²) in [6, 6.07) is 4.74. The van der Waals surface area contributed by atoms with Crippen LogP contribution in [0.25, 0.3) is 0 Å². The molecule has 5 heteroatoms. The average Bonchev–Trinajstić information content (AvgIpc) is 3.11. The lowest BCUT2D eigenvalue weighted by molar-refractivity contribution is -0.117. The molecule has 4 nitrogen and oxygen atoms in total. The Balaban J connectivity index is 1.64. The van der Waals surface area contributed by atoms with Crippen molar-refractivity contribution in [3.8, 4) is 0 Å². The molecule has 3 atom stereocenters. The molecule has 2 aliphatic carbocycles. The number of rotatable bonds is 4. The van der Waals surface area contributed by atoms with E-state index in [-0.39, 0.29) is 5.91 Å². The van der Waals surface area contributed by atoms with Gasteiger partial charge in [-0.05, 0) is 55.2 Å². The summed E-state index contributed by atoms with van der Waals surface area (Å²) in [6.07, 6.45) is 5.60. The second kappa shape index (κ2) is 6.29. The molecule has 1 aromatic carbocycles. The van der Waals surface area contributed by atoms with E-state index in [1.54, 1.807) is 18.2 Å². The summed E-state index contributed by atoms with van der Waals surface area (Å²) in [4.78, 5) is 23.8. The number of carbonyl (C=O) groups excluding carboxylic acids is 2. The minimum absolute atomic E-state index is 0.0264. The first-order valence-corrected chi connectivity index (χ1v) is 8.12. The van der Waals surface area contributed by atoms with E-state index in [4.69, 9.17) is 11.6 Å². The van der Waals surface area contributed by atoms with Gasteiger partial charge in [-0.15, -0.1) is 0 Å². The van der Waals surface area contributed by atoms with Gasteiger partial charge in [0, 0.05) is 6.42 Å². The number of hydrogen-bond donors (Lipinski definition) is 1. The third kappa shape index (κ3) is 3.12. The number of methoxy groups -OCH3 is 1. The zero-order valence-corrected chi connectivity index (χ0v) is 13.4. The van der Waals surface area contributed by atoms with Crippen LogP contribution < -0.4 is 5.32 Å². The molecule has 2 saturated carbocycles. The second-order valence-corrected chi connectivity index (χ2v) is 6.78. The fourth-order valence-corrected chi connectivity index (χ4v) is 4.10. The molecule has 2 bridgehead atoms. The Kier molecular flexibility index (Phi) is 4.39. The van der Waals surface area contributed by atoms with Gasteiger partial charge in [0.15, 0.2) is 0 Å². The van der Waals surface area contributed by atoms with Gasteiger partial charge in [0.25, 0.3) is 0 Å². The number of benzene rings is 1. The molecule has 0 radical (unpaired) electrons. The summed E-state index contributed by atoms with van der Waals surface area (Å²) < 4.78 is 4.68. The SMILES string of the molecule is COC(=O)c1ccc(Cl)c(NC(=O)C[C@@H]2C[C@H]3CC[C@H]2C3)c1. The number of hydrogen-bond acceptors (Lipinski definition) is 3. The Bertz CT molecular complexity index is 602. The smallest absolute Gasteiger partial charge is 0.337 e. The van der Waals surface area contributed by atoms with E-state index in [2.05, 4.69) is 10.1 Å². The van der Waals surface area contributed by atoms with E-state index in [9.17, 15) is 9.59 Å². The Morgan fingerprint density at radius 3 is 2.77 bits per heavy atom. The third-order valence-corrected chi connectivity index (χ3v) is 5.32. The first-order chi connectivity index (χ1) is 10.6. The van der Waals surface area contributed by atoms with Crippen molar-refractivity contribution in [2.75, 3.05) is 12.4 Å². The zero-order chi connectivity index (χ0) is 15.7. The molecule has 118 valence electrons. The standard InChI is InChI=1S/C17H20ClNO3/c1-22-17(21)12-4-5-14(18)15(8-12)19-16(20)9-13-7-10-2-3-11(13)6-10/h4-5,8,10-11,13H,2-3,6-7,9H2,1H3,(H,19,20)/t10-,11-,13-/m0/s1. The largest absolute Gasteiger partial charge is 0.465 e. The normalized spacial score (nSPS) is 26.0. The number of halogens is 1. The Labute approximate surface area is 135 Å². The van der Waals surface area contributed by atoms with Crippen LogP contribution in [0.15, 0.2) is 18.2 Å². The van der Waals surface area contributed by atoms with Gasteiger partial charge in [0.1, 0.15) is 0 Å². The van der Waals surface area contributed by atoms with Crippen LogP contribution in [0.2, 0.25) is 5.02 Å². The van der Waals surface area contributed by atoms with E-state index >= 15 is 0 Å². The second-order valence-electron chi connectivity index (χ2n) is 6.37. The molecule has 2 aliphatic rings. The average molecular weight is 322 g/mol. The van der Waals surface area contributed by atoms with Crippen LogP contribution in [0.4, 0.5) is 5.69 Å². The van der Waals surface area contributed by atoms with Crippen LogP contribution in [-0.4, -0.2) is 19.0 Å². The van der Waals surface area contributed by atoms with E-state index in [0.29, 0.717) is 34.5 Å². The van der Waals surface area contributed by atoms with Gasteiger partial charge in [-0.25, -0.2) is 4.79 Å². The van der Waals surface area contributed by atoms with E-state index in [0.717, 1.165) is 5.92 Å². The quantitative estimate of drug-likeness (QED) is 0.856. The summed E-state index contributed by atoms with van der Waals surface area (Å²) >= 11 is 6.10. The molecular weight excluding hydrogens is 302 g/mol. The number of nitrogens with one attached hydrogen (secondary N) is 1. The van der Waals surface area contributed by atoms with Crippen molar-refractivity contribution in [2.24, 2.45) is 17.8 Å². The van der Waals surface area contributed by atoms with Crippen LogP contribution in [-0.2, 0) is 9.53 Å². The zero-order valence-electron chi connectivity index (χ0n) is 12.6. The fourth-order valence-electron chi connectivity index (χ4n) is 3.93. The lowest BCUT2D eigenvalue weighted by Gasteiger charge is -2.21. The van der Waals surface area contributed by atoms with Crippen molar-refractivity contribution < 1.29 is 14.3 Å². The predicted molar refractivity (Wildman–Crippen MR) is 85.0 cm³/mol. The van der Waals surface area contributed by atoms with E-state index in [1.807, 2.05) is 0 Å². The minimum atomic E-state index is -0.444. The van der Waals surface area contributed by atoms with Crippen molar-refractivity contribution in [1.29, 1.82) is 0 Å². The molecule has 0 saturated heterocycles. The Hall–Kier alpha value is -1.55. The maximum absolute atomic E-state index is 12.3.